The summed E-state index contributed by atoms with van der Waals surface area (Å²) in [6.45, 7) is 7.42. The van der Waals surface area contributed by atoms with Crippen LogP contribution in [0.2, 0.25) is 0 Å². The van der Waals surface area contributed by atoms with Gasteiger partial charge in [0.1, 0.15) is 11.6 Å². The molecule has 0 bridgehead atoms. The zero-order valence-electron chi connectivity index (χ0n) is 20.0. The van der Waals surface area contributed by atoms with E-state index in [1.807, 2.05) is 19.1 Å². The molecule has 0 amide bonds. The number of nitrogens with one attached hydrogen (secondary N) is 1. The molecule has 0 atom stereocenters. The van der Waals surface area contributed by atoms with Crippen LogP contribution >= 0.6 is 0 Å². The maximum Gasteiger partial charge on any atom is 0.265 e. The number of nitrogens with zero attached hydrogens (tertiary/aromatic N) is 4. The first-order valence-corrected chi connectivity index (χ1v) is 12.2. The Bertz CT molecular complexity index is 1110. The minimum absolute atomic E-state index is 0.276. The van der Waals surface area contributed by atoms with Crippen molar-refractivity contribution < 1.29 is 18.6 Å². The van der Waals surface area contributed by atoms with Crippen molar-refractivity contribution in [2.24, 2.45) is 0 Å². The average molecular weight is 468 g/mol. The molecular formula is C25H33N5O4. The number of rotatable bonds is 9. The molecule has 1 aromatic carbocycles. The van der Waals surface area contributed by atoms with Crippen LogP contribution in [0.4, 0.5) is 5.82 Å². The summed E-state index contributed by atoms with van der Waals surface area (Å²) in [6.07, 6.45) is 7.10. The van der Waals surface area contributed by atoms with Gasteiger partial charge in [-0.05, 0) is 58.2 Å². The molecule has 2 aromatic heterocycles. The average Bonchev–Trinajstić information content (AvgIpc) is 3.54. The highest BCUT2D eigenvalue weighted by molar-refractivity contribution is 5.93. The molecule has 2 aliphatic rings. The van der Waals surface area contributed by atoms with E-state index < -0.39 is 0 Å². The molecule has 0 radical (unpaired) electrons. The van der Waals surface area contributed by atoms with Gasteiger partial charge in [0.25, 0.3) is 5.89 Å². The van der Waals surface area contributed by atoms with Crippen molar-refractivity contribution >= 4 is 16.7 Å². The van der Waals surface area contributed by atoms with Crippen LogP contribution in [0.25, 0.3) is 22.6 Å². The summed E-state index contributed by atoms with van der Waals surface area (Å²) in [5.74, 6) is 3.66. The van der Waals surface area contributed by atoms with Crippen LogP contribution in [-0.4, -0.2) is 72.5 Å². The molecule has 9 nitrogen and oxygen atoms in total. The summed E-state index contributed by atoms with van der Waals surface area (Å²) in [5.41, 5.74) is 0.755. The van der Waals surface area contributed by atoms with Gasteiger partial charge in [-0.1, -0.05) is 0 Å². The number of oxazole rings is 1. The Kier molecular flexibility index (Phi) is 7.10. The zero-order valence-corrected chi connectivity index (χ0v) is 20.0. The van der Waals surface area contributed by atoms with Crippen LogP contribution in [0.5, 0.6) is 11.5 Å². The molecule has 4 heterocycles. The fourth-order valence-electron chi connectivity index (χ4n) is 4.58. The number of aromatic nitrogens is 3. The molecule has 5 rings (SSSR count). The molecule has 2 aliphatic heterocycles. The van der Waals surface area contributed by atoms with Crippen molar-refractivity contribution in [3.63, 3.8) is 0 Å². The first kappa shape index (κ1) is 22.9. The molecule has 34 heavy (non-hydrogen) atoms. The number of methoxy groups -OCH3 is 1. The number of ether oxygens (including phenoxy) is 3. The zero-order chi connectivity index (χ0) is 23.3. The van der Waals surface area contributed by atoms with Gasteiger partial charge in [0, 0.05) is 37.3 Å². The molecule has 3 aromatic rings. The molecule has 1 N–H and O–H groups in total. The van der Waals surface area contributed by atoms with Crippen molar-refractivity contribution in [1.29, 1.82) is 0 Å². The Hall–Kier alpha value is -2.91. The lowest BCUT2D eigenvalue weighted by molar-refractivity contribution is 0.0904. The van der Waals surface area contributed by atoms with E-state index in [4.69, 9.17) is 28.6 Å². The van der Waals surface area contributed by atoms with Gasteiger partial charge in [0.2, 0.25) is 5.82 Å². The van der Waals surface area contributed by atoms with E-state index in [9.17, 15) is 0 Å². The van der Waals surface area contributed by atoms with Gasteiger partial charge in [-0.2, -0.15) is 0 Å². The van der Waals surface area contributed by atoms with Crippen LogP contribution in [-0.2, 0) is 4.74 Å². The Labute approximate surface area is 199 Å². The SMILES string of the molecule is COc1cc2c(NC3CCOCC3)nc(-c3ncc(C)o3)nc2cc1OCCCN1CCCC1. The maximum absolute atomic E-state index is 6.15. The van der Waals surface area contributed by atoms with Gasteiger partial charge in [0.15, 0.2) is 11.5 Å². The molecule has 9 heteroatoms. The molecular weight excluding hydrogens is 434 g/mol. The molecule has 2 saturated heterocycles. The lowest BCUT2D eigenvalue weighted by Gasteiger charge is -2.24. The summed E-state index contributed by atoms with van der Waals surface area (Å²) in [6, 6.07) is 4.16. The predicted octanol–water partition coefficient (Wildman–Crippen LogP) is 4.06. The number of benzene rings is 1. The van der Waals surface area contributed by atoms with Gasteiger partial charge in [-0.15, -0.1) is 0 Å². The van der Waals surface area contributed by atoms with Crippen molar-refractivity contribution in [2.45, 2.75) is 45.1 Å². The Balaban J connectivity index is 1.43. The highest BCUT2D eigenvalue weighted by atomic mass is 16.5. The number of aryl methyl sites for hydroxylation is 1. The van der Waals surface area contributed by atoms with E-state index in [-0.39, 0.29) is 6.04 Å². The molecule has 2 fully saturated rings. The molecule has 182 valence electrons. The number of hydrogen-bond donors (Lipinski definition) is 1. The summed E-state index contributed by atoms with van der Waals surface area (Å²) < 4.78 is 23.1. The smallest absolute Gasteiger partial charge is 0.265 e. The van der Waals surface area contributed by atoms with Gasteiger partial charge >= 0.3 is 0 Å². The molecule has 0 saturated carbocycles. The molecule has 0 spiro atoms. The highest BCUT2D eigenvalue weighted by Gasteiger charge is 2.20. The van der Waals surface area contributed by atoms with Crippen LogP contribution in [0.1, 0.15) is 37.9 Å². The third-order valence-corrected chi connectivity index (χ3v) is 6.43. The normalized spacial score (nSPS) is 17.4. The number of fused-ring (bicyclic) bond motifs is 1. The number of hydrogen-bond acceptors (Lipinski definition) is 9. The lowest BCUT2D eigenvalue weighted by atomic mass is 10.1. The second-order valence-electron chi connectivity index (χ2n) is 8.97. The molecule has 0 unspecified atom stereocenters. The lowest BCUT2D eigenvalue weighted by Crippen LogP contribution is -2.28. The Morgan fingerprint density at radius 1 is 1.12 bits per heavy atom. The van der Waals surface area contributed by atoms with E-state index in [2.05, 4.69) is 15.2 Å². The standard InChI is InChI=1S/C25H33N5O4/c1-17-16-26-25(34-17)24-28-20-15-22(33-11-5-10-30-8-3-4-9-30)21(31-2)14-19(20)23(29-24)27-18-6-12-32-13-7-18/h14-16,18H,3-13H2,1-2H3,(H,27,28,29). The second kappa shape index (κ2) is 10.6. The van der Waals surface area contributed by atoms with E-state index >= 15 is 0 Å². The topological polar surface area (TPSA) is 94.8 Å². The van der Waals surface area contributed by atoms with E-state index in [1.54, 1.807) is 13.3 Å². The third-order valence-electron chi connectivity index (χ3n) is 6.43. The summed E-state index contributed by atoms with van der Waals surface area (Å²) >= 11 is 0. The highest BCUT2D eigenvalue weighted by Crippen LogP contribution is 2.36. The summed E-state index contributed by atoms with van der Waals surface area (Å²) in [5, 5.41) is 4.47. The van der Waals surface area contributed by atoms with E-state index in [1.165, 1.54) is 25.9 Å². The van der Waals surface area contributed by atoms with Crippen LogP contribution in [0.15, 0.2) is 22.7 Å². The summed E-state index contributed by atoms with van der Waals surface area (Å²) in [7, 11) is 1.66. The maximum atomic E-state index is 6.15. The number of likely N-dealkylation sites (tertiary alicyclic amines) is 1. The quantitative estimate of drug-likeness (QED) is 0.468. The van der Waals surface area contributed by atoms with Gasteiger partial charge in [0.05, 0.1) is 25.4 Å². The van der Waals surface area contributed by atoms with Crippen LogP contribution < -0.4 is 14.8 Å². The monoisotopic (exact) mass is 467 g/mol. The van der Waals surface area contributed by atoms with Crippen LogP contribution in [0, 0.1) is 6.92 Å². The minimum atomic E-state index is 0.276. The minimum Gasteiger partial charge on any atom is -0.493 e. The third kappa shape index (κ3) is 5.26. The largest absolute Gasteiger partial charge is 0.493 e. The van der Waals surface area contributed by atoms with E-state index in [0.29, 0.717) is 29.8 Å². The second-order valence-corrected chi connectivity index (χ2v) is 8.97. The first-order chi connectivity index (χ1) is 16.7. The Morgan fingerprint density at radius 3 is 2.68 bits per heavy atom. The fraction of sp³-hybridized carbons (Fsp3) is 0.560. The fourth-order valence-corrected chi connectivity index (χ4v) is 4.58. The van der Waals surface area contributed by atoms with Crippen LogP contribution in [0.3, 0.4) is 0 Å². The van der Waals surface area contributed by atoms with Crippen molar-refractivity contribution in [1.82, 2.24) is 19.9 Å². The predicted molar refractivity (Wildman–Crippen MR) is 130 cm³/mol. The summed E-state index contributed by atoms with van der Waals surface area (Å²) in [4.78, 5) is 16.4. The molecule has 0 aliphatic carbocycles. The van der Waals surface area contributed by atoms with Crippen molar-refractivity contribution in [3.05, 3.63) is 24.1 Å². The van der Waals surface area contributed by atoms with Crippen molar-refractivity contribution in [2.75, 3.05) is 51.9 Å². The first-order valence-electron chi connectivity index (χ1n) is 12.2. The van der Waals surface area contributed by atoms with Gasteiger partial charge < -0.3 is 28.8 Å². The van der Waals surface area contributed by atoms with Crippen molar-refractivity contribution in [3.8, 4) is 23.2 Å². The van der Waals surface area contributed by atoms with Gasteiger partial charge in [-0.25, -0.2) is 15.0 Å². The van der Waals surface area contributed by atoms with Gasteiger partial charge in [-0.3, -0.25) is 0 Å². The Morgan fingerprint density at radius 2 is 1.94 bits per heavy atom. The number of anilines is 1. The van der Waals surface area contributed by atoms with E-state index in [0.717, 1.165) is 61.5 Å².